The van der Waals surface area contributed by atoms with Crippen LogP contribution in [-0.2, 0) is 4.79 Å². The molecule has 0 unspecified atom stereocenters. The largest absolute Gasteiger partial charge is 0.387 e. The smallest absolute Gasteiger partial charge is 0.280 e. The van der Waals surface area contributed by atoms with Crippen molar-refractivity contribution in [2.75, 3.05) is 31.5 Å². The van der Waals surface area contributed by atoms with Gasteiger partial charge in [-0.05, 0) is 6.92 Å². The maximum absolute atomic E-state index is 12.1. The lowest BCUT2D eigenvalue weighted by Crippen LogP contribution is -2.65. The second kappa shape index (κ2) is 4.61. The molecular formula is C13H20N3O3+. The number of hydrogen-bond donors (Lipinski definition) is 2. The Morgan fingerprint density at radius 3 is 2.89 bits per heavy atom. The first kappa shape index (κ1) is 12.6. The first-order chi connectivity index (χ1) is 9.06. The summed E-state index contributed by atoms with van der Waals surface area (Å²) < 4.78 is 5.63. The monoisotopic (exact) mass is 266 g/mol. The highest BCUT2D eigenvalue weighted by molar-refractivity contribution is 5.90. The van der Waals surface area contributed by atoms with Crippen LogP contribution in [0.4, 0.5) is 5.82 Å². The molecule has 0 aromatic carbocycles. The second-order valence-corrected chi connectivity index (χ2v) is 5.91. The highest BCUT2D eigenvalue weighted by Crippen LogP contribution is 2.33. The number of aliphatic hydroxyl groups is 1. The molecule has 1 aromatic rings. The van der Waals surface area contributed by atoms with Crippen molar-refractivity contribution in [1.82, 2.24) is 5.16 Å². The average Bonchev–Trinajstić information content (AvgIpc) is 2.74. The van der Waals surface area contributed by atoms with Gasteiger partial charge in [0.05, 0.1) is 13.1 Å². The third kappa shape index (κ3) is 2.50. The van der Waals surface area contributed by atoms with Crippen LogP contribution in [0.25, 0.3) is 0 Å². The van der Waals surface area contributed by atoms with Crippen molar-refractivity contribution >= 4 is 11.7 Å². The summed E-state index contributed by atoms with van der Waals surface area (Å²) in [5, 5.41) is 16.5. The van der Waals surface area contributed by atoms with Crippen molar-refractivity contribution in [3.05, 3.63) is 11.8 Å². The van der Waals surface area contributed by atoms with Crippen LogP contribution in [0.2, 0.25) is 0 Å². The summed E-state index contributed by atoms with van der Waals surface area (Å²) in [6.45, 7) is 4.89. The van der Waals surface area contributed by atoms with E-state index in [4.69, 9.17) is 4.52 Å². The van der Waals surface area contributed by atoms with Crippen molar-refractivity contribution in [3.8, 4) is 0 Å². The van der Waals surface area contributed by atoms with E-state index in [0.29, 0.717) is 35.1 Å². The zero-order chi connectivity index (χ0) is 13.5. The molecule has 3 aliphatic heterocycles. The van der Waals surface area contributed by atoms with Gasteiger partial charge < -0.3 is 19.4 Å². The molecule has 4 rings (SSSR count). The van der Waals surface area contributed by atoms with Crippen LogP contribution in [0.15, 0.2) is 10.6 Å². The molecule has 1 aromatic heterocycles. The van der Waals surface area contributed by atoms with E-state index in [9.17, 15) is 9.90 Å². The molecule has 1 amide bonds. The SMILES string of the molecule is Cc1cc(NC(=O)C[N+]23CCC(CC2)[C@@H](O)C3)no1. The Morgan fingerprint density at radius 2 is 2.32 bits per heavy atom. The highest BCUT2D eigenvalue weighted by atomic mass is 16.5. The number of hydrogen-bond acceptors (Lipinski definition) is 4. The van der Waals surface area contributed by atoms with Gasteiger partial charge >= 0.3 is 0 Å². The predicted octanol–water partition coefficient (Wildman–Crippen LogP) is 0.523. The van der Waals surface area contributed by atoms with Crippen LogP contribution in [0, 0.1) is 12.8 Å². The Bertz CT molecular complexity index is 477. The van der Waals surface area contributed by atoms with Gasteiger partial charge in [0.15, 0.2) is 12.4 Å². The molecule has 6 nitrogen and oxygen atoms in total. The molecule has 0 aliphatic carbocycles. The average molecular weight is 266 g/mol. The fraction of sp³-hybridized carbons (Fsp3) is 0.692. The maximum Gasteiger partial charge on any atom is 0.280 e. The van der Waals surface area contributed by atoms with E-state index in [2.05, 4.69) is 10.5 Å². The van der Waals surface area contributed by atoms with E-state index in [1.54, 1.807) is 13.0 Å². The minimum absolute atomic E-state index is 0.0548. The van der Waals surface area contributed by atoms with Crippen LogP contribution >= 0.6 is 0 Å². The molecule has 104 valence electrons. The van der Waals surface area contributed by atoms with Crippen molar-refractivity contribution < 1.29 is 18.9 Å². The number of nitrogens with one attached hydrogen (secondary N) is 1. The standard InChI is InChI=1S/C13H19N3O3/c1-9-6-12(15-19-9)14-13(18)8-16-4-2-10(3-5-16)11(17)7-16/h6,10-11,17H,2-5,7-8H2,1H3/p+1/t10?,11-,16?/m0/s1. The third-order valence-electron chi connectivity index (χ3n) is 4.44. The normalized spacial score (nSPS) is 33.4. The van der Waals surface area contributed by atoms with Crippen LogP contribution in [-0.4, -0.2) is 52.9 Å². The van der Waals surface area contributed by atoms with E-state index in [1.165, 1.54) is 0 Å². The Hall–Kier alpha value is -1.40. The maximum atomic E-state index is 12.1. The number of fused-ring (bicyclic) bond motifs is 3. The summed E-state index contributed by atoms with van der Waals surface area (Å²) in [6, 6.07) is 1.70. The molecule has 0 saturated carbocycles. The quantitative estimate of drug-likeness (QED) is 0.782. The summed E-state index contributed by atoms with van der Waals surface area (Å²) >= 11 is 0. The number of aromatic nitrogens is 1. The van der Waals surface area contributed by atoms with Gasteiger partial charge in [-0.25, -0.2) is 0 Å². The molecular weight excluding hydrogens is 246 g/mol. The fourth-order valence-electron chi connectivity index (χ4n) is 3.38. The molecule has 3 saturated heterocycles. The molecule has 4 heterocycles. The Labute approximate surface area is 112 Å². The molecule has 3 fully saturated rings. The summed E-state index contributed by atoms with van der Waals surface area (Å²) in [4.78, 5) is 12.1. The van der Waals surface area contributed by atoms with Crippen LogP contribution in [0.3, 0.4) is 0 Å². The topological polar surface area (TPSA) is 75.4 Å². The van der Waals surface area contributed by atoms with Crippen LogP contribution in [0.5, 0.6) is 0 Å². The number of aliphatic hydroxyl groups excluding tert-OH is 1. The fourth-order valence-corrected chi connectivity index (χ4v) is 3.38. The van der Waals surface area contributed by atoms with Gasteiger partial charge in [-0.1, -0.05) is 5.16 Å². The first-order valence-electron chi connectivity index (χ1n) is 6.83. The number of amides is 1. The molecule has 2 N–H and O–H groups in total. The van der Waals surface area contributed by atoms with E-state index in [-0.39, 0.29) is 12.0 Å². The van der Waals surface area contributed by atoms with Gasteiger partial charge in [-0.2, -0.15) is 0 Å². The number of nitrogens with zero attached hydrogens (tertiary/aromatic N) is 2. The summed E-state index contributed by atoms with van der Waals surface area (Å²) in [7, 11) is 0. The van der Waals surface area contributed by atoms with Gasteiger partial charge in [0.1, 0.15) is 18.4 Å². The first-order valence-corrected chi connectivity index (χ1v) is 6.83. The number of aryl methyl sites for hydroxylation is 1. The zero-order valence-electron chi connectivity index (χ0n) is 11.1. The Kier molecular flexibility index (Phi) is 3.06. The van der Waals surface area contributed by atoms with E-state index in [0.717, 1.165) is 25.9 Å². The van der Waals surface area contributed by atoms with Crippen molar-refractivity contribution in [2.24, 2.45) is 5.92 Å². The van der Waals surface area contributed by atoms with Gasteiger partial charge in [0, 0.05) is 24.8 Å². The summed E-state index contributed by atoms with van der Waals surface area (Å²) in [5.41, 5.74) is 0. The number of carbonyl (C=O) groups excluding carboxylic acids is 1. The van der Waals surface area contributed by atoms with E-state index >= 15 is 0 Å². The number of quaternary nitrogens is 1. The molecule has 2 bridgehead atoms. The van der Waals surface area contributed by atoms with Crippen molar-refractivity contribution in [1.29, 1.82) is 0 Å². The summed E-state index contributed by atoms with van der Waals surface area (Å²) in [5.74, 6) is 1.53. The summed E-state index contributed by atoms with van der Waals surface area (Å²) in [6.07, 6.45) is 1.80. The minimum Gasteiger partial charge on any atom is -0.387 e. The minimum atomic E-state index is -0.246. The third-order valence-corrected chi connectivity index (χ3v) is 4.44. The molecule has 19 heavy (non-hydrogen) atoms. The number of rotatable bonds is 3. The highest BCUT2D eigenvalue weighted by Gasteiger charge is 2.46. The lowest BCUT2D eigenvalue weighted by molar-refractivity contribution is -0.939. The van der Waals surface area contributed by atoms with Gasteiger partial charge in [0.2, 0.25) is 0 Å². The van der Waals surface area contributed by atoms with Crippen LogP contribution in [0.1, 0.15) is 18.6 Å². The van der Waals surface area contributed by atoms with Crippen LogP contribution < -0.4 is 5.32 Å². The zero-order valence-corrected chi connectivity index (χ0v) is 11.1. The number of carbonyl (C=O) groups is 1. The molecule has 6 heteroatoms. The van der Waals surface area contributed by atoms with Gasteiger partial charge in [-0.15, -0.1) is 0 Å². The molecule has 1 atom stereocenters. The number of anilines is 1. The lowest BCUT2D eigenvalue weighted by Gasteiger charge is -2.50. The lowest BCUT2D eigenvalue weighted by atomic mass is 9.83. The molecule has 0 radical (unpaired) electrons. The Balaban J connectivity index is 1.62. The second-order valence-electron chi connectivity index (χ2n) is 5.91. The Morgan fingerprint density at radius 1 is 1.58 bits per heavy atom. The molecule has 3 aliphatic rings. The van der Waals surface area contributed by atoms with Gasteiger partial charge in [0.25, 0.3) is 5.91 Å². The number of piperidine rings is 3. The van der Waals surface area contributed by atoms with Gasteiger partial charge in [-0.3, -0.25) is 4.79 Å². The van der Waals surface area contributed by atoms with Crippen molar-refractivity contribution in [3.63, 3.8) is 0 Å². The molecule has 0 spiro atoms. The predicted molar refractivity (Wildman–Crippen MR) is 68.3 cm³/mol. The van der Waals surface area contributed by atoms with E-state index in [1.807, 2.05) is 0 Å². The van der Waals surface area contributed by atoms with E-state index < -0.39 is 0 Å². The van der Waals surface area contributed by atoms with Crippen molar-refractivity contribution in [2.45, 2.75) is 25.9 Å².